The Morgan fingerprint density at radius 1 is 1.59 bits per heavy atom. The first-order valence-corrected chi connectivity index (χ1v) is 7.53. The number of nitrogens with one attached hydrogen (secondary N) is 1. The maximum absolute atomic E-state index is 4.32. The van der Waals surface area contributed by atoms with Crippen LogP contribution in [0.25, 0.3) is 0 Å². The lowest BCUT2D eigenvalue weighted by Crippen LogP contribution is -2.46. The number of likely N-dealkylation sites (N-methyl/N-ethyl adjacent to an activating group) is 1. The van der Waals surface area contributed by atoms with Crippen molar-refractivity contribution in [3.8, 4) is 0 Å². The smallest absolute Gasteiger partial charge is 0.0797 e. The van der Waals surface area contributed by atoms with Gasteiger partial charge in [0.25, 0.3) is 0 Å². The van der Waals surface area contributed by atoms with Gasteiger partial charge in [-0.3, -0.25) is 4.90 Å². The highest BCUT2D eigenvalue weighted by atomic mass is 32.1. The molecule has 0 aromatic carbocycles. The minimum absolute atomic E-state index is 0.738. The molecule has 4 heteroatoms. The van der Waals surface area contributed by atoms with Crippen molar-refractivity contribution >= 4 is 11.3 Å². The van der Waals surface area contributed by atoms with E-state index < -0.39 is 0 Å². The quantitative estimate of drug-likeness (QED) is 0.871. The van der Waals surface area contributed by atoms with Crippen LogP contribution >= 0.6 is 11.3 Å². The van der Waals surface area contributed by atoms with Gasteiger partial charge in [0.05, 0.1) is 11.2 Å². The molecule has 0 saturated carbocycles. The molecule has 0 aliphatic carbocycles. The Balaban J connectivity index is 1.84. The van der Waals surface area contributed by atoms with Gasteiger partial charge in [-0.15, -0.1) is 11.3 Å². The molecular formula is C13H23N3S. The summed E-state index contributed by atoms with van der Waals surface area (Å²) >= 11 is 1.80. The molecule has 1 atom stereocenters. The fourth-order valence-corrected chi connectivity index (χ4v) is 3.33. The molecule has 2 heterocycles. The molecule has 0 bridgehead atoms. The van der Waals surface area contributed by atoms with Crippen molar-refractivity contribution in [2.24, 2.45) is 0 Å². The topological polar surface area (TPSA) is 28.2 Å². The first kappa shape index (κ1) is 13.0. The summed E-state index contributed by atoms with van der Waals surface area (Å²) in [6, 6.07) is 0.738. The van der Waals surface area contributed by atoms with E-state index in [1.165, 1.54) is 36.5 Å². The molecule has 0 spiro atoms. The van der Waals surface area contributed by atoms with Crippen LogP contribution in [0.5, 0.6) is 0 Å². The lowest BCUT2D eigenvalue weighted by Gasteiger charge is -2.33. The first-order chi connectivity index (χ1) is 8.31. The first-order valence-electron chi connectivity index (χ1n) is 6.65. The van der Waals surface area contributed by atoms with E-state index in [0.29, 0.717) is 0 Å². The van der Waals surface area contributed by atoms with Gasteiger partial charge < -0.3 is 5.32 Å². The van der Waals surface area contributed by atoms with Crippen molar-refractivity contribution in [3.05, 3.63) is 16.1 Å². The van der Waals surface area contributed by atoms with Crippen LogP contribution in [-0.4, -0.2) is 42.1 Å². The summed E-state index contributed by atoms with van der Waals surface area (Å²) in [6.07, 6.45) is 3.82. The van der Waals surface area contributed by atoms with Crippen LogP contribution < -0.4 is 5.32 Å². The summed E-state index contributed by atoms with van der Waals surface area (Å²) in [6.45, 7) is 9.08. The molecule has 2 rings (SSSR count). The molecule has 1 aliphatic rings. The van der Waals surface area contributed by atoms with E-state index >= 15 is 0 Å². The SMILES string of the molecule is CCN(CCc1scnc1C)C1CCCNC1. The van der Waals surface area contributed by atoms with Crippen LogP contribution in [0.4, 0.5) is 0 Å². The van der Waals surface area contributed by atoms with Crippen molar-refractivity contribution in [2.75, 3.05) is 26.2 Å². The monoisotopic (exact) mass is 253 g/mol. The van der Waals surface area contributed by atoms with Crippen molar-refractivity contribution in [1.82, 2.24) is 15.2 Å². The molecule has 0 amide bonds. The zero-order chi connectivity index (χ0) is 12.1. The summed E-state index contributed by atoms with van der Waals surface area (Å²) < 4.78 is 0. The summed E-state index contributed by atoms with van der Waals surface area (Å²) in [5, 5.41) is 3.50. The number of hydrogen-bond donors (Lipinski definition) is 1. The van der Waals surface area contributed by atoms with Gasteiger partial charge in [-0.05, 0) is 39.3 Å². The molecule has 0 radical (unpaired) electrons. The predicted molar refractivity (Wildman–Crippen MR) is 73.7 cm³/mol. The van der Waals surface area contributed by atoms with E-state index in [4.69, 9.17) is 0 Å². The van der Waals surface area contributed by atoms with E-state index in [1.807, 2.05) is 5.51 Å². The summed E-state index contributed by atoms with van der Waals surface area (Å²) in [7, 11) is 0. The van der Waals surface area contributed by atoms with Crippen LogP contribution in [-0.2, 0) is 6.42 Å². The average molecular weight is 253 g/mol. The Morgan fingerprint density at radius 2 is 2.47 bits per heavy atom. The van der Waals surface area contributed by atoms with E-state index in [-0.39, 0.29) is 0 Å². The highest BCUT2D eigenvalue weighted by Crippen LogP contribution is 2.15. The normalized spacial score (nSPS) is 21.0. The largest absolute Gasteiger partial charge is 0.315 e. The van der Waals surface area contributed by atoms with Gasteiger partial charge in [0, 0.05) is 24.0 Å². The second-order valence-corrected chi connectivity index (χ2v) is 5.68. The minimum atomic E-state index is 0.738. The van der Waals surface area contributed by atoms with E-state index in [1.54, 1.807) is 11.3 Å². The third kappa shape index (κ3) is 3.50. The molecule has 1 saturated heterocycles. The lowest BCUT2D eigenvalue weighted by molar-refractivity contribution is 0.176. The summed E-state index contributed by atoms with van der Waals surface area (Å²) in [4.78, 5) is 8.39. The van der Waals surface area contributed by atoms with Crippen LogP contribution in [0.3, 0.4) is 0 Å². The van der Waals surface area contributed by atoms with Gasteiger partial charge in [-0.1, -0.05) is 6.92 Å². The second kappa shape index (κ2) is 6.47. The zero-order valence-corrected chi connectivity index (χ0v) is 11.7. The number of hydrogen-bond acceptors (Lipinski definition) is 4. The summed E-state index contributed by atoms with van der Waals surface area (Å²) in [5.41, 5.74) is 3.18. The molecule has 96 valence electrons. The molecule has 1 aromatic rings. The van der Waals surface area contributed by atoms with Gasteiger partial charge in [0.2, 0.25) is 0 Å². The predicted octanol–water partition coefficient (Wildman–Crippen LogP) is 2.07. The maximum atomic E-state index is 4.32. The van der Waals surface area contributed by atoms with Crippen LogP contribution in [0.15, 0.2) is 5.51 Å². The van der Waals surface area contributed by atoms with Crippen molar-refractivity contribution in [3.63, 3.8) is 0 Å². The summed E-state index contributed by atoms with van der Waals surface area (Å²) in [5.74, 6) is 0. The van der Waals surface area contributed by atoms with Gasteiger partial charge in [-0.2, -0.15) is 0 Å². The third-order valence-corrected chi connectivity index (χ3v) is 4.66. The van der Waals surface area contributed by atoms with Gasteiger partial charge in [0.1, 0.15) is 0 Å². The molecule has 1 unspecified atom stereocenters. The molecule has 3 nitrogen and oxygen atoms in total. The van der Waals surface area contributed by atoms with Crippen LogP contribution in [0.2, 0.25) is 0 Å². The highest BCUT2D eigenvalue weighted by Gasteiger charge is 2.19. The Kier molecular flexibility index (Phi) is 4.95. The molecule has 1 fully saturated rings. The number of piperidine rings is 1. The Morgan fingerprint density at radius 3 is 3.06 bits per heavy atom. The number of rotatable bonds is 5. The van der Waals surface area contributed by atoms with Crippen molar-refractivity contribution in [2.45, 2.75) is 39.2 Å². The fourth-order valence-electron chi connectivity index (χ4n) is 2.56. The van der Waals surface area contributed by atoms with E-state index in [0.717, 1.165) is 25.6 Å². The third-order valence-electron chi connectivity index (χ3n) is 3.66. The Hall–Kier alpha value is -0.450. The molecule has 17 heavy (non-hydrogen) atoms. The highest BCUT2D eigenvalue weighted by molar-refractivity contribution is 7.09. The second-order valence-electron chi connectivity index (χ2n) is 4.74. The van der Waals surface area contributed by atoms with Gasteiger partial charge in [0.15, 0.2) is 0 Å². The van der Waals surface area contributed by atoms with E-state index in [2.05, 4.69) is 29.0 Å². The number of nitrogens with zero attached hydrogens (tertiary/aromatic N) is 2. The maximum Gasteiger partial charge on any atom is 0.0797 e. The molecular weight excluding hydrogens is 230 g/mol. The van der Waals surface area contributed by atoms with Crippen molar-refractivity contribution < 1.29 is 0 Å². The lowest BCUT2D eigenvalue weighted by atomic mass is 10.1. The average Bonchev–Trinajstić information content (AvgIpc) is 2.77. The van der Waals surface area contributed by atoms with E-state index in [9.17, 15) is 0 Å². The molecule has 1 aromatic heterocycles. The number of aromatic nitrogens is 1. The van der Waals surface area contributed by atoms with Crippen LogP contribution in [0, 0.1) is 6.92 Å². The Labute approximate surface area is 108 Å². The van der Waals surface area contributed by atoms with Gasteiger partial charge in [-0.25, -0.2) is 4.98 Å². The Bertz CT molecular complexity index is 331. The number of thiazole rings is 1. The minimum Gasteiger partial charge on any atom is -0.315 e. The van der Waals surface area contributed by atoms with Crippen LogP contribution in [0.1, 0.15) is 30.3 Å². The zero-order valence-electron chi connectivity index (χ0n) is 10.9. The van der Waals surface area contributed by atoms with Gasteiger partial charge >= 0.3 is 0 Å². The van der Waals surface area contributed by atoms with Crippen molar-refractivity contribution in [1.29, 1.82) is 0 Å². The fraction of sp³-hybridized carbons (Fsp3) is 0.769. The standard InChI is InChI=1S/C13H23N3S/c1-3-16(12-5-4-7-14-9-12)8-6-13-11(2)15-10-17-13/h10,12,14H,3-9H2,1-2H3. The molecule has 1 N–H and O–H groups in total. The number of aryl methyl sites for hydroxylation is 1. The molecule has 1 aliphatic heterocycles.